The Hall–Kier alpha value is -2.04. The molecule has 5 N–H and O–H groups in total. The van der Waals surface area contributed by atoms with Crippen LogP contribution in [-0.4, -0.2) is 18.4 Å². The Kier molecular flexibility index (Phi) is 5.00. The van der Waals surface area contributed by atoms with E-state index in [0.29, 0.717) is 30.6 Å². The van der Waals surface area contributed by atoms with E-state index in [4.69, 9.17) is 11.5 Å². The first-order chi connectivity index (χ1) is 8.09. The topological polar surface area (TPSA) is 98.2 Å². The Morgan fingerprint density at radius 3 is 2.65 bits per heavy atom. The molecule has 2 amide bonds. The maximum atomic E-state index is 11.6. The Balaban J connectivity index is 2.28. The zero-order valence-electron chi connectivity index (χ0n) is 9.61. The van der Waals surface area contributed by atoms with Gasteiger partial charge in [0.15, 0.2) is 0 Å². The van der Waals surface area contributed by atoms with Crippen molar-refractivity contribution >= 4 is 17.5 Å². The summed E-state index contributed by atoms with van der Waals surface area (Å²) in [6.07, 6.45) is 1.78. The van der Waals surface area contributed by atoms with Crippen LogP contribution in [0.2, 0.25) is 0 Å². The third-order valence-corrected chi connectivity index (χ3v) is 2.28. The van der Waals surface area contributed by atoms with E-state index in [2.05, 4.69) is 5.32 Å². The van der Waals surface area contributed by atoms with Gasteiger partial charge in [-0.05, 0) is 31.0 Å². The molecule has 1 aromatic carbocycles. The van der Waals surface area contributed by atoms with E-state index >= 15 is 0 Å². The number of carbonyl (C=O) groups is 2. The van der Waals surface area contributed by atoms with Gasteiger partial charge in [0.05, 0.1) is 0 Å². The van der Waals surface area contributed by atoms with Crippen LogP contribution in [0.25, 0.3) is 0 Å². The number of nitrogen functional groups attached to an aromatic ring is 1. The van der Waals surface area contributed by atoms with E-state index in [1.165, 1.54) is 0 Å². The van der Waals surface area contributed by atoms with E-state index < -0.39 is 0 Å². The van der Waals surface area contributed by atoms with E-state index in [9.17, 15) is 9.59 Å². The maximum absolute atomic E-state index is 11.6. The van der Waals surface area contributed by atoms with Gasteiger partial charge in [-0.1, -0.05) is 6.07 Å². The molecule has 1 rings (SSSR count). The summed E-state index contributed by atoms with van der Waals surface area (Å²) in [6, 6.07) is 6.79. The number of primary amides is 1. The first-order valence-corrected chi connectivity index (χ1v) is 5.51. The SMILES string of the molecule is NC(=O)CCCCNC(=O)c1cccc(N)c1. The molecule has 0 heterocycles. The number of anilines is 1. The van der Waals surface area contributed by atoms with Crippen LogP contribution in [0.4, 0.5) is 5.69 Å². The van der Waals surface area contributed by atoms with Crippen LogP contribution in [0.3, 0.4) is 0 Å². The van der Waals surface area contributed by atoms with Crippen molar-refractivity contribution in [2.24, 2.45) is 5.73 Å². The molecule has 0 saturated heterocycles. The third-order valence-electron chi connectivity index (χ3n) is 2.28. The summed E-state index contributed by atoms with van der Waals surface area (Å²) in [6.45, 7) is 0.529. The number of benzene rings is 1. The highest BCUT2D eigenvalue weighted by atomic mass is 16.2. The molecule has 0 radical (unpaired) electrons. The molecule has 0 atom stereocenters. The lowest BCUT2D eigenvalue weighted by molar-refractivity contribution is -0.118. The van der Waals surface area contributed by atoms with Crippen LogP contribution in [0, 0.1) is 0 Å². The first-order valence-electron chi connectivity index (χ1n) is 5.51. The molecule has 0 fully saturated rings. The molecule has 0 aromatic heterocycles. The van der Waals surface area contributed by atoms with Gasteiger partial charge in [-0.2, -0.15) is 0 Å². The van der Waals surface area contributed by atoms with E-state index in [0.717, 1.165) is 6.42 Å². The second kappa shape index (κ2) is 6.52. The van der Waals surface area contributed by atoms with Gasteiger partial charge in [0.25, 0.3) is 5.91 Å². The predicted molar refractivity (Wildman–Crippen MR) is 66.2 cm³/mol. The van der Waals surface area contributed by atoms with Crippen molar-refractivity contribution in [2.45, 2.75) is 19.3 Å². The fourth-order valence-corrected chi connectivity index (χ4v) is 1.41. The largest absolute Gasteiger partial charge is 0.399 e. The molecule has 0 bridgehead atoms. The minimum absolute atomic E-state index is 0.156. The van der Waals surface area contributed by atoms with Crippen LogP contribution < -0.4 is 16.8 Å². The first kappa shape index (κ1) is 13.0. The number of unbranched alkanes of at least 4 members (excludes halogenated alkanes) is 1. The van der Waals surface area contributed by atoms with Gasteiger partial charge >= 0.3 is 0 Å². The normalized spacial score (nSPS) is 9.88. The zero-order chi connectivity index (χ0) is 12.7. The Bertz CT molecular complexity index is 404. The van der Waals surface area contributed by atoms with Gasteiger partial charge in [0, 0.05) is 24.2 Å². The lowest BCUT2D eigenvalue weighted by atomic mass is 10.2. The number of rotatable bonds is 6. The molecule has 1 aromatic rings. The number of amides is 2. The minimum atomic E-state index is -0.313. The van der Waals surface area contributed by atoms with Crippen molar-refractivity contribution in [3.63, 3.8) is 0 Å². The van der Waals surface area contributed by atoms with Crippen LogP contribution in [-0.2, 0) is 4.79 Å². The molecule has 0 aliphatic heterocycles. The lowest BCUT2D eigenvalue weighted by Gasteiger charge is -2.05. The van der Waals surface area contributed by atoms with Crippen LogP contribution in [0.15, 0.2) is 24.3 Å². The highest BCUT2D eigenvalue weighted by Gasteiger charge is 2.04. The summed E-state index contributed by atoms with van der Waals surface area (Å²) in [5.41, 5.74) is 11.7. The molecule has 5 heteroatoms. The molecule has 92 valence electrons. The Morgan fingerprint density at radius 2 is 2.00 bits per heavy atom. The third kappa shape index (κ3) is 5.01. The summed E-state index contributed by atoms with van der Waals surface area (Å²) >= 11 is 0. The van der Waals surface area contributed by atoms with Crippen LogP contribution in [0.1, 0.15) is 29.6 Å². The van der Waals surface area contributed by atoms with Crippen molar-refractivity contribution in [3.8, 4) is 0 Å². The molecule has 0 saturated carbocycles. The number of carbonyl (C=O) groups excluding carboxylic acids is 2. The second-order valence-electron chi connectivity index (χ2n) is 3.80. The summed E-state index contributed by atoms with van der Waals surface area (Å²) in [5, 5.41) is 2.75. The summed E-state index contributed by atoms with van der Waals surface area (Å²) in [7, 11) is 0. The summed E-state index contributed by atoms with van der Waals surface area (Å²) < 4.78 is 0. The monoisotopic (exact) mass is 235 g/mol. The van der Waals surface area contributed by atoms with Crippen LogP contribution in [0.5, 0.6) is 0 Å². The highest BCUT2D eigenvalue weighted by Crippen LogP contribution is 2.06. The van der Waals surface area contributed by atoms with Gasteiger partial charge in [0.1, 0.15) is 0 Å². The number of nitrogens with one attached hydrogen (secondary N) is 1. The number of hydrogen-bond donors (Lipinski definition) is 3. The van der Waals surface area contributed by atoms with Crippen molar-refractivity contribution in [1.29, 1.82) is 0 Å². The van der Waals surface area contributed by atoms with Crippen LogP contribution >= 0.6 is 0 Å². The van der Waals surface area contributed by atoms with Gasteiger partial charge in [-0.3, -0.25) is 9.59 Å². The molecule has 5 nitrogen and oxygen atoms in total. The number of hydrogen-bond acceptors (Lipinski definition) is 3. The average molecular weight is 235 g/mol. The molecule has 17 heavy (non-hydrogen) atoms. The molecule has 0 aliphatic rings. The average Bonchev–Trinajstić information content (AvgIpc) is 2.28. The highest BCUT2D eigenvalue weighted by molar-refractivity contribution is 5.94. The summed E-state index contributed by atoms with van der Waals surface area (Å²) in [5.74, 6) is -0.469. The van der Waals surface area contributed by atoms with E-state index in [-0.39, 0.29) is 11.8 Å². The molecule has 0 unspecified atom stereocenters. The van der Waals surface area contributed by atoms with Gasteiger partial charge in [-0.15, -0.1) is 0 Å². The molecular formula is C12H17N3O2. The standard InChI is InChI=1S/C12H17N3O2/c13-10-5-3-4-9(8-10)12(17)15-7-2-1-6-11(14)16/h3-5,8H,1-2,6-7,13H2,(H2,14,16)(H,15,17). The quantitative estimate of drug-likeness (QED) is 0.499. The van der Waals surface area contributed by atoms with E-state index in [1.807, 2.05) is 0 Å². The maximum Gasteiger partial charge on any atom is 0.251 e. The van der Waals surface area contributed by atoms with Crippen molar-refractivity contribution < 1.29 is 9.59 Å². The Morgan fingerprint density at radius 1 is 1.24 bits per heavy atom. The zero-order valence-corrected chi connectivity index (χ0v) is 9.61. The van der Waals surface area contributed by atoms with Crippen molar-refractivity contribution in [1.82, 2.24) is 5.32 Å². The van der Waals surface area contributed by atoms with E-state index in [1.54, 1.807) is 24.3 Å². The smallest absolute Gasteiger partial charge is 0.251 e. The lowest BCUT2D eigenvalue weighted by Crippen LogP contribution is -2.24. The van der Waals surface area contributed by atoms with Crippen molar-refractivity contribution in [3.05, 3.63) is 29.8 Å². The van der Waals surface area contributed by atoms with Gasteiger partial charge < -0.3 is 16.8 Å². The fourth-order valence-electron chi connectivity index (χ4n) is 1.41. The fraction of sp³-hybridized carbons (Fsp3) is 0.333. The predicted octanol–water partition coefficient (Wildman–Crippen LogP) is 0.654. The van der Waals surface area contributed by atoms with Gasteiger partial charge in [-0.25, -0.2) is 0 Å². The molecular weight excluding hydrogens is 218 g/mol. The molecule has 0 spiro atoms. The van der Waals surface area contributed by atoms with Crippen molar-refractivity contribution in [2.75, 3.05) is 12.3 Å². The molecule has 0 aliphatic carbocycles. The minimum Gasteiger partial charge on any atom is -0.399 e. The second-order valence-corrected chi connectivity index (χ2v) is 3.80. The van der Waals surface area contributed by atoms with Gasteiger partial charge in [0.2, 0.25) is 5.91 Å². The summed E-state index contributed by atoms with van der Waals surface area (Å²) in [4.78, 5) is 22.1. The number of nitrogens with two attached hydrogens (primary N) is 2. The Labute approximate surface area is 100 Å².